The smallest absolute Gasteiger partial charge is 0.171 e. The van der Waals surface area contributed by atoms with Gasteiger partial charge in [-0.2, -0.15) is 0 Å². The lowest BCUT2D eigenvalue weighted by atomic mass is 10.4. The van der Waals surface area contributed by atoms with Crippen molar-refractivity contribution in [1.82, 2.24) is 19.9 Å². The van der Waals surface area contributed by atoms with Gasteiger partial charge in [0, 0.05) is 24.9 Å². The van der Waals surface area contributed by atoms with Crippen LogP contribution in [0.2, 0.25) is 5.15 Å². The molecular formula is C9H9ClN4S. The van der Waals surface area contributed by atoms with Crippen molar-refractivity contribution in [2.24, 2.45) is 0 Å². The van der Waals surface area contributed by atoms with Crippen LogP contribution >= 0.6 is 23.4 Å². The lowest BCUT2D eigenvalue weighted by molar-refractivity contribution is 0.886. The summed E-state index contributed by atoms with van der Waals surface area (Å²) in [6.07, 6.45) is 4.24. The number of halogens is 1. The summed E-state index contributed by atoms with van der Waals surface area (Å²) in [5.74, 6) is 0.747. The van der Waals surface area contributed by atoms with Crippen LogP contribution in [0.3, 0.4) is 0 Å². The first kappa shape index (κ1) is 10.4. The van der Waals surface area contributed by atoms with E-state index in [1.165, 1.54) is 11.8 Å². The van der Waals surface area contributed by atoms with Gasteiger partial charge in [0.05, 0.1) is 0 Å². The average Bonchev–Trinajstić information content (AvgIpc) is 2.69. The molecule has 0 aliphatic rings. The molecule has 78 valence electrons. The second-order valence-electron chi connectivity index (χ2n) is 2.80. The van der Waals surface area contributed by atoms with E-state index in [1.807, 2.05) is 6.92 Å². The van der Waals surface area contributed by atoms with Gasteiger partial charge >= 0.3 is 0 Å². The number of aromatic amines is 1. The predicted octanol–water partition coefficient (Wildman–Crippen LogP) is 2.57. The second-order valence-corrected chi connectivity index (χ2v) is 4.19. The maximum atomic E-state index is 5.87. The third-order valence-corrected chi connectivity index (χ3v) is 2.74. The van der Waals surface area contributed by atoms with E-state index < -0.39 is 0 Å². The van der Waals surface area contributed by atoms with Crippen molar-refractivity contribution >= 4 is 23.4 Å². The Kier molecular flexibility index (Phi) is 3.23. The van der Waals surface area contributed by atoms with Crippen molar-refractivity contribution < 1.29 is 0 Å². The molecule has 2 heterocycles. The molecule has 0 bridgehead atoms. The molecule has 0 atom stereocenters. The van der Waals surface area contributed by atoms with Crippen molar-refractivity contribution in [3.8, 4) is 0 Å². The van der Waals surface area contributed by atoms with Gasteiger partial charge < -0.3 is 4.98 Å². The predicted molar refractivity (Wildman–Crippen MR) is 59.1 cm³/mol. The summed E-state index contributed by atoms with van der Waals surface area (Å²) in [4.78, 5) is 15.5. The van der Waals surface area contributed by atoms with Crippen LogP contribution in [0, 0.1) is 0 Å². The van der Waals surface area contributed by atoms with Gasteiger partial charge in [-0.3, -0.25) is 0 Å². The van der Waals surface area contributed by atoms with Crippen molar-refractivity contribution in [2.75, 3.05) is 0 Å². The number of nitrogens with one attached hydrogen (secondary N) is 1. The number of hydrogen-bond acceptors (Lipinski definition) is 4. The Morgan fingerprint density at radius 3 is 3.00 bits per heavy atom. The molecule has 2 aromatic rings. The molecule has 0 aromatic carbocycles. The Morgan fingerprint density at radius 1 is 1.47 bits per heavy atom. The second kappa shape index (κ2) is 4.63. The molecule has 2 aromatic heterocycles. The van der Waals surface area contributed by atoms with E-state index in [-0.39, 0.29) is 0 Å². The first-order chi connectivity index (χ1) is 7.28. The minimum Gasteiger partial charge on any atom is -0.339 e. The minimum atomic E-state index is 0.468. The first-order valence-corrected chi connectivity index (χ1v) is 5.68. The van der Waals surface area contributed by atoms with Crippen molar-refractivity contribution in [1.29, 1.82) is 0 Å². The quantitative estimate of drug-likeness (QED) is 0.838. The highest BCUT2D eigenvalue weighted by Crippen LogP contribution is 2.24. The summed E-state index contributed by atoms with van der Waals surface area (Å²) < 4.78 is 0. The number of aryl methyl sites for hydroxylation is 1. The Hall–Kier alpha value is -1.07. The highest BCUT2D eigenvalue weighted by Gasteiger charge is 2.04. The molecule has 0 fully saturated rings. The van der Waals surface area contributed by atoms with E-state index in [1.54, 1.807) is 18.5 Å². The third kappa shape index (κ3) is 2.70. The van der Waals surface area contributed by atoms with Crippen LogP contribution in [-0.2, 0) is 6.42 Å². The molecule has 1 N–H and O–H groups in total. The molecule has 0 saturated carbocycles. The van der Waals surface area contributed by atoms with Crippen LogP contribution in [0.1, 0.15) is 12.7 Å². The molecule has 0 saturated heterocycles. The van der Waals surface area contributed by atoms with Gasteiger partial charge in [-0.05, 0) is 11.8 Å². The van der Waals surface area contributed by atoms with E-state index in [9.17, 15) is 0 Å². The largest absolute Gasteiger partial charge is 0.339 e. The SMILES string of the molecule is CCc1nc(Cl)cc(Sc2ncc[nH]2)n1. The van der Waals surface area contributed by atoms with Gasteiger partial charge in [0.25, 0.3) is 0 Å². The van der Waals surface area contributed by atoms with Gasteiger partial charge in [-0.15, -0.1) is 0 Å². The Morgan fingerprint density at radius 2 is 2.33 bits per heavy atom. The van der Waals surface area contributed by atoms with Gasteiger partial charge in [0.2, 0.25) is 0 Å². The van der Waals surface area contributed by atoms with Gasteiger partial charge in [-0.25, -0.2) is 15.0 Å². The summed E-state index contributed by atoms with van der Waals surface area (Å²) in [6, 6.07) is 1.73. The number of aromatic nitrogens is 4. The molecular weight excluding hydrogens is 232 g/mol. The summed E-state index contributed by atoms with van der Waals surface area (Å²) in [6.45, 7) is 1.99. The van der Waals surface area contributed by atoms with E-state index in [2.05, 4.69) is 19.9 Å². The summed E-state index contributed by atoms with van der Waals surface area (Å²) in [7, 11) is 0. The molecule has 0 unspecified atom stereocenters. The van der Waals surface area contributed by atoms with Crippen LogP contribution in [0.15, 0.2) is 28.6 Å². The molecule has 6 heteroatoms. The fourth-order valence-electron chi connectivity index (χ4n) is 1.06. The molecule has 0 radical (unpaired) electrons. The summed E-state index contributed by atoms with van der Waals surface area (Å²) in [5, 5.41) is 2.07. The number of hydrogen-bond donors (Lipinski definition) is 1. The standard InChI is InChI=1S/C9H9ClN4S/c1-2-7-13-6(10)5-8(14-7)15-9-11-3-4-12-9/h3-5H,2H2,1H3,(H,11,12). The fraction of sp³-hybridized carbons (Fsp3) is 0.222. The number of H-pyrrole nitrogens is 1. The normalized spacial score (nSPS) is 10.5. The van der Waals surface area contributed by atoms with Crippen molar-refractivity contribution in [3.05, 3.63) is 29.4 Å². The van der Waals surface area contributed by atoms with Crippen LogP contribution in [-0.4, -0.2) is 19.9 Å². The molecule has 2 rings (SSSR count). The lowest BCUT2D eigenvalue weighted by Gasteiger charge is -2.01. The monoisotopic (exact) mass is 240 g/mol. The molecule has 15 heavy (non-hydrogen) atoms. The van der Waals surface area contributed by atoms with E-state index in [0.29, 0.717) is 5.15 Å². The van der Waals surface area contributed by atoms with Gasteiger partial charge in [0.1, 0.15) is 16.0 Å². The highest BCUT2D eigenvalue weighted by molar-refractivity contribution is 7.99. The fourth-order valence-corrected chi connectivity index (χ4v) is 2.08. The van der Waals surface area contributed by atoms with Gasteiger partial charge in [0.15, 0.2) is 5.16 Å². The molecule has 0 aliphatic carbocycles. The first-order valence-electron chi connectivity index (χ1n) is 4.48. The third-order valence-electron chi connectivity index (χ3n) is 1.71. The number of nitrogens with zero attached hydrogens (tertiary/aromatic N) is 3. The number of imidazole rings is 1. The molecule has 0 amide bonds. The van der Waals surface area contributed by atoms with Crippen LogP contribution in [0.4, 0.5) is 0 Å². The van der Waals surface area contributed by atoms with E-state index >= 15 is 0 Å². The Labute approximate surface area is 96.5 Å². The highest BCUT2D eigenvalue weighted by atomic mass is 35.5. The summed E-state index contributed by atoms with van der Waals surface area (Å²) in [5.41, 5.74) is 0. The zero-order valence-corrected chi connectivity index (χ0v) is 9.64. The van der Waals surface area contributed by atoms with Crippen LogP contribution in [0.25, 0.3) is 0 Å². The zero-order chi connectivity index (χ0) is 10.7. The summed E-state index contributed by atoms with van der Waals surface area (Å²) >= 11 is 7.31. The van der Waals surface area contributed by atoms with Crippen molar-refractivity contribution in [3.63, 3.8) is 0 Å². The van der Waals surface area contributed by atoms with Crippen LogP contribution < -0.4 is 0 Å². The van der Waals surface area contributed by atoms with E-state index in [0.717, 1.165) is 22.4 Å². The zero-order valence-electron chi connectivity index (χ0n) is 8.07. The molecule has 4 nitrogen and oxygen atoms in total. The van der Waals surface area contributed by atoms with Gasteiger partial charge in [-0.1, -0.05) is 18.5 Å². The molecule has 0 spiro atoms. The van der Waals surface area contributed by atoms with E-state index in [4.69, 9.17) is 11.6 Å². The maximum Gasteiger partial charge on any atom is 0.171 e. The molecule has 0 aliphatic heterocycles. The van der Waals surface area contributed by atoms with Crippen LogP contribution in [0.5, 0.6) is 0 Å². The number of rotatable bonds is 3. The lowest BCUT2D eigenvalue weighted by Crippen LogP contribution is -1.94. The Balaban J connectivity index is 2.24. The Bertz CT molecular complexity index is 443. The average molecular weight is 241 g/mol. The minimum absolute atomic E-state index is 0.468. The topological polar surface area (TPSA) is 54.5 Å². The van der Waals surface area contributed by atoms with Crippen molar-refractivity contribution in [2.45, 2.75) is 23.5 Å². The maximum absolute atomic E-state index is 5.87.